The van der Waals surface area contributed by atoms with Crippen LogP contribution in [0.2, 0.25) is 0 Å². The summed E-state index contributed by atoms with van der Waals surface area (Å²) in [6, 6.07) is 7.69. The summed E-state index contributed by atoms with van der Waals surface area (Å²) in [5.41, 5.74) is -0.488. The predicted molar refractivity (Wildman–Crippen MR) is 101 cm³/mol. The fourth-order valence-electron chi connectivity index (χ4n) is 3.36. The Bertz CT molecular complexity index is 741. The van der Waals surface area contributed by atoms with E-state index in [9.17, 15) is 4.79 Å². The van der Waals surface area contributed by atoms with Crippen LogP contribution in [0.15, 0.2) is 33.3 Å². The van der Waals surface area contributed by atoms with Crippen molar-refractivity contribution in [3.8, 4) is 5.75 Å². The lowest BCUT2D eigenvalue weighted by atomic mass is 9.81. The van der Waals surface area contributed by atoms with Crippen molar-refractivity contribution >= 4 is 21.8 Å². The van der Waals surface area contributed by atoms with Gasteiger partial charge in [-0.05, 0) is 37.5 Å². The number of benzene rings is 1. The smallest absolute Gasteiger partial charge is 0.223 e. The standard InChI is InChI=1S/C19H24BrN3O3/c1-14-21-18(23-26-14)19(10-3-2-4-11-19)22-17(24)9-6-12-25-16-8-5-7-15(20)13-16/h5,7-8,13H,2-4,6,9-12H2,1H3,(H,22,24). The van der Waals surface area contributed by atoms with Crippen LogP contribution >= 0.6 is 15.9 Å². The molecule has 1 aromatic heterocycles. The van der Waals surface area contributed by atoms with Gasteiger partial charge in [0.2, 0.25) is 11.8 Å². The number of aryl methyl sites for hydroxylation is 1. The molecule has 2 aromatic rings. The number of aromatic nitrogens is 2. The molecule has 0 atom stereocenters. The molecule has 7 heteroatoms. The van der Waals surface area contributed by atoms with Crippen LogP contribution in [0.4, 0.5) is 0 Å². The van der Waals surface area contributed by atoms with Gasteiger partial charge in [0, 0.05) is 17.8 Å². The largest absolute Gasteiger partial charge is 0.494 e. The van der Waals surface area contributed by atoms with Crippen LogP contribution in [0.1, 0.15) is 56.7 Å². The van der Waals surface area contributed by atoms with E-state index in [0.717, 1.165) is 35.9 Å². The lowest BCUT2D eigenvalue weighted by Crippen LogP contribution is -2.48. The maximum atomic E-state index is 12.5. The van der Waals surface area contributed by atoms with Gasteiger partial charge in [-0.15, -0.1) is 0 Å². The van der Waals surface area contributed by atoms with Gasteiger partial charge in [0.15, 0.2) is 5.82 Å². The SMILES string of the molecule is Cc1nc(C2(NC(=O)CCCOc3cccc(Br)c3)CCCCC2)no1. The summed E-state index contributed by atoms with van der Waals surface area (Å²) in [6.45, 7) is 2.27. The number of halogens is 1. The number of amides is 1. The third-order valence-corrected chi connectivity index (χ3v) is 5.15. The number of nitrogens with one attached hydrogen (secondary N) is 1. The monoisotopic (exact) mass is 421 g/mol. The summed E-state index contributed by atoms with van der Waals surface area (Å²) < 4.78 is 11.8. The molecule has 1 heterocycles. The molecule has 1 aromatic carbocycles. The molecule has 6 nitrogen and oxygen atoms in total. The zero-order valence-corrected chi connectivity index (χ0v) is 16.5. The number of hydrogen-bond donors (Lipinski definition) is 1. The molecule has 1 aliphatic carbocycles. The molecular weight excluding hydrogens is 398 g/mol. The Hall–Kier alpha value is -1.89. The first kappa shape index (κ1) is 18.9. The van der Waals surface area contributed by atoms with E-state index in [0.29, 0.717) is 31.2 Å². The van der Waals surface area contributed by atoms with Crippen LogP contribution in [0.5, 0.6) is 5.75 Å². The highest BCUT2D eigenvalue weighted by Crippen LogP contribution is 2.35. The zero-order valence-electron chi connectivity index (χ0n) is 15.0. The first-order valence-corrected chi connectivity index (χ1v) is 9.87. The molecule has 0 spiro atoms. The summed E-state index contributed by atoms with van der Waals surface area (Å²) in [4.78, 5) is 16.9. The van der Waals surface area contributed by atoms with Gasteiger partial charge in [-0.3, -0.25) is 4.79 Å². The molecule has 0 radical (unpaired) electrons. The maximum Gasteiger partial charge on any atom is 0.223 e. The van der Waals surface area contributed by atoms with Gasteiger partial charge in [0.05, 0.1) is 6.61 Å². The van der Waals surface area contributed by atoms with Gasteiger partial charge >= 0.3 is 0 Å². The van der Waals surface area contributed by atoms with Crippen molar-refractivity contribution in [2.24, 2.45) is 0 Å². The molecule has 3 rings (SSSR count). The normalized spacial score (nSPS) is 16.2. The quantitative estimate of drug-likeness (QED) is 0.675. The maximum absolute atomic E-state index is 12.5. The first-order chi connectivity index (χ1) is 12.6. The van der Waals surface area contributed by atoms with Crippen molar-refractivity contribution in [2.75, 3.05) is 6.61 Å². The van der Waals surface area contributed by atoms with E-state index in [1.54, 1.807) is 6.92 Å². The van der Waals surface area contributed by atoms with Crippen LogP contribution in [-0.4, -0.2) is 22.7 Å². The Labute approximate surface area is 161 Å². The number of ether oxygens (including phenoxy) is 1. The fraction of sp³-hybridized carbons (Fsp3) is 0.526. The van der Waals surface area contributed by atoms with Crippen molar-refractivity contribution in [1.29, 1.82) is 0 Å². The van der Waals surface area contributed by atoms with Gasteiger partial charge in [-0.1, -0.05) is 46.4 Å². The van der Waals surface area contributed by atoms with E-state index >= 15 is 0 Å². The average molecular weight is 422 g/mol. The summed E-state index contributed by atoms with van der Waals surface area (Å²) in [5, 5.41) is 7.26. The topological polar surface area (TPSA) is 77.2 Å². The Kier molecular flexibility index (Phi) is 6.29. The molecule has 0 saturated heterocycles. The number of rotatable bonds is 7. The lowest BCUT2D eigenvalue weighted by molar-refractivity contribution is -0.124. The summed E-state index contributed by atoms with van der Waals surface area (Å²) >= 11 is 3.42. The van der Waals surface area contributed by atoms with Crippen LogP contribution < -0.4 is 10.1 Å². The summed E-state index contributed by atoms with van der Waals surface area (Å²) in [5.74, 6) is 1.94. The van der Waals surface area contributed by atoms with Crippen molar-refractivity contribution in [3.05, 3.63) is 40.5 Å². The Morgan fingerprint density at radius 3 is 2.85 bits per heavy atom. The van der Waals surface area contributed by atoms with Crippen LogP contribution in [0.25, 0.3) is 0 Å². The summed E-state index contributed by atoms with van der Waals surface area (Å²) in [7, 11) is 0. The van der Waals surface area contributed by atoms with Gasteiger partial charge in [0.25, 0.3) is 0 Å². The van der Waals surface area contributed by atoms with Crippen LogP contribution in [-0.2, 0) is 10.3 Å². The fourth-order valence-corrected chi connectivity index (χ4v) is 3.74. The van der Waals surface area contributed by atoms with E-state index < -0.39 is 5.54 Å². The van der Waals surface area contributed by atoms with E-state index in [4.69, 9.17) is 9.26 Å². The molecule has 0 bridgehead atoms. The van der Waals surface area contributed by atoms with Crippen molar-refractivity contribution in [3.63, 3.8) is 0 Å². The van der Waals surface area contributed by atoms with E-state index in [-0.39, 0.29) is 5.91 Å². The number of hydrogen-bond acceptors (Lipinski definition) is 5. The van der Waals surface area contributed by atoms with Crippen molar-refractivity contribution < 1.29 is 14.1 Å². The van der Waals surface area contributed by atoms with Gasteiger partial charge < -0.3 is 14.6 Å². The minimum atomic E-state index is -0.488. The Morgan fingerprint density at radius 2 is 2.15 bits per heavy atom. The molecular formula is C19H24BrN3O3. The van der Waals surface area contributed by atoms with E-state index in [1.807, 2.05) is 24.3 Å². The highest BCUT2D eigenvalue weighted by Gasteiger charge is 2.39. The van der Waals surface area contributed by atoms with Crippen LogP contribution in [0, 0.1) is 6.92 Å². The van der Waals surface area contributed by atoms with Crippen LogP contribution in [0.3, 0.4) is 0 Å². The highest BCUT2D eigenvalue weighted by atomic mass is 79.9. The molecule has 0 unspecified atom stereocenters. The second kappa shape index (κ2) is 8.66. The Balaban J connectivity index is 1.52. The highest BCUT2D eigenvalue weighted by molar-refractivity contribution is 9.10. The second-order valence-electron chi connectivity index (χ2n) is 6.74. The average Bonchev–Trinajstić information content (AvgIpc) is 3.07. The van der Waals surface area contributed by atoms with Gasteiger partial charge in [-0.25, -0.2) is 0 Å². The molecule has 140 valence electrons. The second-order valence-corrected chi connectivity index (χ2v) is 7.65. The van der Waals surface area contributed by atoms with E-state index in [2.05, 4.69) is 31.4 Å². The van der Waals surface area contributed by atoms with E-state index in [1.165, 1.54) is 6.42 Å². The third-order valence-electron chi connectivity index (χ3n) is 4.65. The summed E-state index contributed by atoms with van der Waals surface area (Å²) in [6.07, 6.45) is 6.06. The molecule has 1 aliphatic rings. The molecule has 1 saturated carbocycles. The molecule has 1 amide bonds. The number of nitrogens with zero attached hydrogens (tertiary/aromatic N) is 2. The number of carbonyl (C=O) groups is 1. The van der Waals surface area contributed by atoms with Crippen molar-refractivity contribution in [2.45, 2.75) is 57.4 Å². The van der Waals surface area contributed by atoms with Gasteiger partial charge in [-0.2, -0.15) is 4.98 Å². The molecule has 0 aliphatic heterocycles. The first-order valence-electron chi connectivity index (χ1n) is 9.08. The zero-order chi connectivity index (χ0) is 18.4. The Morgan fingerprint density at radius 1 is 1.35 bits per heavy atom. The molecule has 1 fully saturated rings. The number of carbonyl (C=O) groups excluding carboxylic acids is 1. The minimum absolute atomic E-state index is 0.00666. The predicted octanol–water partition coefficient (Wildman–Crippen LogP) is 4.28. The third kappa shape index (κ3) is 4.84. The molecule has 1 N–H and O–H groups in total. The minimum Gasteiger partial charge on any atom is -0.494 e. The van der Waals surface area contributed by atoms with Gasteiger partial charge in [0.1, 0.15) is 11.3 Å². The molecule has 26 heavy (non-hydrogen) atoms. The van der Waals surface area contributed by atoms with Crippen molar-refractivity contribution in [1.82, 2.24) is 15.5 Å². The lowest BCUT2D eigenvalue weighted by Gasteiger charge is -2.35.